The second-order valence-electron chi connectivity index (χ2n) is 6.44. The summed E-state index contributed by atoms with van der Waals surface area (Å²) in [5.74, 6) is -2.93. The van der Waals surface area contributed by atoms with Crippen molar-refractivity contribution in [3.8, 4) is 0 Å². The minimum absolute atomic E-state index is 0.0801. The zero-order valence-corrected chi connectivity index (χ0v) is 15.4. The number of aliphatic hydroxyl groups is 1. The second-order valence-corrected chi connectivity index (χ2v) is 6.88. The number of hydrogen-bond donors (Lipinski definition) is 3. The monoisotopic (exact) mass is 405 g/mol. The van der Waals surface area contributed by atoms with Crippen LogP contribution in [-0.4, -0.2) is 35.0 Å². The van der Waals surface area contributed by atoms with Crippen molar-refractivity contribution in [2.75, 3.05) is 11.4 Å². The summed E-state index contributed by atoms with van der Waals surface area (Å²) in [6, 6.07) is 9.81. The van der Waals surface area contributed by atoms with E-state index in [0.717, 1.165) is 6.07 Å². The van der Waals surface area contributed by atoms with Crippen molar-refractivity contribution in [3.05, 3.63) is 64.4 Å². The fourth-order valence-corrected chi connectivity index (χ4v) is 3.28. The van der Waals surface area contributed by atoms with Gasteiger partial charge in [0.25, 0.3) is 11.8 Å². The quantitative estimate of drug-likeness (QED) is 0.652. The summed E-state index contributed by atoms with van der Waals surface area (Å²) in [5, 5.41) is 13.2. The zero-order valence-electron chi connectivity index (χ0n) is 14.6. The van der Waals surface area contributed by atoms with Gasteiger partial charge in [0.15, 0.2) is 0 Å². The number of nitrogens with two attached hydrogens (primary N) is 1. The van der Waals surface area contributed by atoms with Gasteiger partial charge in [0.05, 0.1) is 0 Å². The van der Waals surface area contributed by atoms with Crippen LogP contribution in [-0.2, 0) is 16.1 Å². The molecule has 1 atom stereocenters. The molecule has 3 amide bonds. The molecule has 1 fully saturated rings. The molecule has 1 heterocycles. The van der Waals surface area contributed by atoms with E-state index < -0.39 is 29.1 Å². The Morgan fingerprint density at radius 2 is 2.04 bits per heavy atom. The van der Waals surface area contributed by atoms with Crippen LogP contribution < -0.4 is 16.0 Å². The van der Waals surface area contributed by atoms with E-state index in [1.54, 1.807) is 12.1 Å². The molecule has 2 aromatic carbocycles. The molecule has 0 radical (unpaired) electrons. The maximum atomic E-state index is 13.4. The van der Waals surface area contributed by atoms with Crippen molar-refractivity contribution in [2.24, 2.45) is 5.73 Å². The first-order valence-electron chi connectivity index (χ1n) is 8.38. The number of anilines is 1. The minimum Gasteiger partial charge on any atom is -0.372 e. The average Bonchev–Trinajstić information content (AvgIpc) is 2.95. The first-order chi connectivity index (χ1) is 13.2. The Morgan fingerprint density at radius 3 is 2.71 bits per heavy atom. The van der Waals surface area contributed by atoms with Crippen LogP contribution in [0.4, 0.5) is 10.1 Å². The van der Waals surface area contributed by atoms with Crippen LogP contribution >= 0.6 is 11.6 Å². The van der Waals surface area contributed by atoms with E-state index in [9.17, 15) is 23.9 Å². The highest BCUT2D eigenvalue weighted by Gasteiger charge is 2.51. The molecular formula is C19H17ClFN3O4. The molecule has 0 unspecified atom stereocenters. The number of halogens is 2. The number of carbonyl (C=O) groups excluding carboxylic acids is 3. The first-order valence-corrected chi connectivity index (χ1v) is 8.76. The molecule has 1 aliphatic rings. The molecule has 2 aromatic rings. The molecule has 0 spiro atoms. The number of nitrogens with one attached hydrogen (secondary N) is 1. The number of carbonyl (C=O) groups is 3. The number of hydrogen-bond acceptors (Lipinski definition) is 4. The van der Waals surface area contributed by atoms with Gasteiger partial charge in [-0.2, -0.15) is 0 Å². The van der Waals surface area contributed by atoms with E-state index in [1.807, 2.05) is 0 Å². The zero-order chi connectivity index (χ0) is 20.5. The number of amides is 3. The number of rotatable bonds is 5. The van der Waals surface area contributed by atoms with E-state index in [1.165, 1.54) is 29.2 Å². The van der Waals surface area contributed by atoms with Crippen LogP contribution in [0.1, 0.15) is 22.3 Å². The van der Waals surface area contributed by atoms with Gasteiger partial charge in [-0.05, 0) is 42.0 Å². The molecule has 0 aliphatic carbocycles. The van der Waals surface area contributed by atoms with Gasteiger partial charge in [-0.15, -0.1) is 0 Å². The van der Waals surface area contributed by atoms with Crippen LogP contribution in [0.15, 0.2) is 42.5 Å². The maximum Gasteiger partial charge on any atom is 0.268 e. The van der Waals surface area contributed by atoms with Crippen LogP contribution in [0.2, 0.25) is 5.02 Å². The van der Waals surface area contributed by atoms with Gasteiger partial charge in [-0.25, -0.2) is 4.39 Å². The summed E-state index contributed by atoms with van der Waals surface area (Å²) in [7, 11) is 0. The molecule has 0 saturated carbocycles. The third-order valence-corrected chi connectivity index (χ3v) is 4.71. The van der Waals surface area contributed by atoms with Gasteiger partial charge < -0.3 is 21.1 Å². The smallest absolute Gasteiger partial charge is 0.268 e. The SMILES string of the molecule is NC(=O)c1cccc(N2CC[C@@](O)(C(=O)NCc3cc(F)cc(Cl)c3)C2=O)c1. The van der Waals surface area contributed by atoms with Crippen LogP contribution in [0.3, 0.4) is 0 Å². The molecule has 4 N–H and O–H groups in total. The van der Waals surface area contributed by atoms with E-state index in [-0.39, 0.29) is 30.1 Å². The van der Waals surface area contributed by atoms with Gasteiger partial charge >= 0.3 is 0 Å². The second kappa shape index (κ2) is 7.57. The van der Waals surface area contributed by atoms with Gasteiger partial charge in [-0.3, -0.25) is 14.4 Å². The molecular weight excluding hydrogens is 389 g/mol. The van der Waals surface area contributed by atoms with Gasteiger partial charge in [0.2, 0.25) is 11.5 Å². The van der Waals surface area contributed by atoms with Crippen LogP contribution in [0, 0.1) is 5.82 Å². The largest absolute Gasteiger partial charge is 0.372 e. The lowest BCUT2D eigenvalue weighted by Gasteiger charge is -2.22. The van der Waals surface area contributed by atoms with E-state index >= 15 is 0 Å². The van der Waals surface area contributed by atoms with Crippen molar-refractivity contribution in [3.63, 3.8) is 0 Å². The lowest BCUT2D eigenvalue weighted by Crippen LogP contribution is -2.52. The summed E-state index contributed by atoms with van der Waals surface area (Å²) in [6.07, 6.45) is -0.137. The third-order valence-electron chi connectivity index (χ3n) is 4.49. The molecule has 3 rings (SSSR count). The summed E-state index contributed by atoms with van der Waals surface area (Å²) in [5.41, 5.74) is 3.92. The molecule has 146 valence electrons. The molecule has 1 aliphatic heterocycles. The van der Waals surface area contributed by atoms with Crippen molar-refractivity contribution in [2.45, 2.75) is 18.6 Å². The minimum atomic E-state index is -2.26. The Bertz CT molecular complexity index is 948. The highest BCUT2D eigenvalue weighted by molar-refractivity contribution is 6.30. The Morgan fingerprint density at radius 1 is 1.29 bits per heavy atom. The Labute approximate surface area is 164 Å². The maximum absolute atomic E-state index is 13.4. The Balaban J connectivity index is 1.73. The fourth-order valence-electron chi connectivity index (χ4n) is 3.03. The van der Waals surface area contributed by atoms with E-state index in [0.29, 0.717) is 11.3 Å². The molecule has 9 heteroatoms. The molecule has 28 heavy (non-hydrogen) atoms. The average molecular weight is 406 g/mol. The van der Waals surface area contributed by atoms with Crippen molar-refractivity contribution < 1.29 is 23.9 Å². The van der Waals surface area contributed by atoms with Crippen molar-refractivity contribution in [1.29, 1.82) is 0 Å². The van der Waals surface area contributed by atoms with Crippen molar-refractivity contribution >= 4 is 35.0 Å². The third kappa shape index (κ3) is 3.83. The normalized spacial score (nSPS) is 19.0. The van der Waals surface area contributed by atoms with Crippen molar-refractivity contribution in [1.82, 2.24) is 5.32 Å². The van der Waals surface area contributed by atoms with Gasteiger partial charge in [-0.1, -0.05) is 17.7 Å². The molecule has 0 aromatic heterocycles. The molecule has 0 bridgehead atoms. The van der Waals surface area contributed by atoms with E-state index in [4.69, 9.17) is 17.3 Å². The van der Waals surface area contributed by atoms with Crippen LogP contribution in [0.5, 0.6) is 0 Å². The summed E-state index contributed by atoms with van der Waals surface area (Å²) in [6.45, 7) is -0.0280. The number of nitrogens with zero attached hydrogens (tertiary/aromatic N) is 1. The topological polar surface area (TPSA) is 113 Å². The number of benzene rings is 2. The lowest BCUT2D eigenvalue weighted by atomic mass is 10.0. The predicted octanol–water partition coefficient (Wildman–Crippen LogP) is 1.36. The molecule has 7 nitrogen and oxygen atoms in total. The number of primary amides is 1. The molecule has 1 saturated heterocycles. The Kier molecular flexibility index (Phi) is 5.35. The van der Waals surface area contributed by atoms with E-state index in [2.05, 4.69) is 5.32 Å². The van der Waals surface area contributed by atoms with Gasteiger partial charge in [0.1, 0.15) is 5.82 Å². The Hall–Kier alpha value is -2.97. The standard InChI is InChI=1S/C19H17ClFN3O4/c20-13-6-11(7-14(21)9-13)10-23-17(26)19(28)4-5-24(18(19)27)15-3-1-2-12(8-15)16(22)25/h1-3,6-9,28H,4-5,10H2,(H2,22,25)(H,23,26)/t19-/m1/s1. The van der Waals surface area contributed by atoms with Gasteiger partial charge in [0, 0.05) is 35.8 Å². The summed E-state index contributed by atoms with van der Waals surface area (Å²) in [4.78, 5) is 37.7. The summed E-state index contributed by atoms with van der Waals surface area (Å²) < 4.78 is 13.4. The van der Waals surface area contributed by atoms with Crippen LogP contribution in [0.25, 0.3) is 0 Å². The highest BCUT2D eigenvalue weighted by Crippen LogP contribution is 2.29. The predicted molar refractivity (Wildman–Crippen MR) is 100 cm³/mol. The fraction of sp³-hybridized carbons (Fsp3) is 0.211. The highest BCUT2D eigenvalue weighted by atomic mass is 35.5. The lowest BCUT2D eigenvalue weighted by molar-refractivity contribution is -0.149. The summed E-state index contributed by atoms with van der Waals surface area (Å²) >= 11 is 5.77. The first kappa shape index (κ1) is 19.8.